The van der Waals surface area contributed by atoms with Gasteiger partial charge in [0.15, 0.2) is 0 Å². The molecule has 0 aromatic carbocycles. The summed E-state index contributed by atoms with van der Waals surface area (Å²) in [5.74, 6) is 0. The summed E-state index contributed by atoms with van der Waals surface area (Å²) >= 11 is 6.40. The fourth-order valence-corrected chi connectivity index (χ4v) is 14.9. The maximum atomic E-state index is 7.93. The number of nitrogens with zero attached hydrogens (tertiary/aromatic N) is 4. The molecule has 110 heavy (non-hydrogen) atoms. The topological polar surface area (TPSA) is 56.3 Å². The molecule has 0 atom stereocenters. The quantitative estimate of drug-likeness (QED) is 0.0346. The van der Waals surface area contributed by atoms with Crippen LogP contribution >= 0.6 is 31.9 Å². The van der Waals surface area contributed by atoms with E-state index in [1.807, 2.05) is 12.1 Å². The van der Waals surface area contributed by atoms with E-state index in [0.29, 0.717) is 12.8 Å². The van der Waals surface area contributed by atoms with Gasteiger partial charge in [-0.05, 0) is 25.7 Å². The standard InChI is InChI=1S/C22H43N.C22H46.C18H38.C17H33N.C17H36.2C4H6BrN/c1-3-4-5-6-7-8-9-10-11-12-13-14-15-16-17-18-19-20-21-22-23-2;1-3-5-7-9-11-13-15-17-19-21-22-20-18-16-14-12-10-8-6-4-2;1-3-5-7-9-11-13-15-17-18-16-14-12-10-8-6-4-2;1-3-4-5-6-7-8-9-10-11-12-13-14-15-16-17-18-2;1-3-5-7-9-11-13-15-17-16-14-12-10-8-6-4-2;2*5-3-1-2-4-6/h3-22H2,1H3;3-22H2,1-2H3;3-18H2,1-2H3;3-17H2,1H3;3-17H2,1-2H3;2*1-3H2. The first kappa shape index (κ1) is 122. The lowest BCUT2D eigenvalue weighted by atomic mass is 10.0. The fraction of sp³-hybridized carbons (Fsp3) is 0.962. The monoisotopic (exact) mass is 1670 g/mol. The molecule has 0 aromatic rings. The number of nitriles is 2. The SMILES string of the molecule is CCCCCCCCCCCCCCCCC.CCCCCCCCCCCCCCCCCC.CCCCCCCCCCCCCCCCCCCCCC.N#CCCCBr.N#CCCCBr.[C-]#[N+]CCCCCCCCCCCCCCCC.[C-]#[N+]CCCCCCCCCCCCCCCCCCCCC. The molecule has 0 radical (unpaired) electrons. The van der Waals surface area contributed by atoms with Crippen molar-refractivity contribution in [3.8, 4) is 12.1 Å². The van der Waals surface area contributed by atoms with Crippen LogP contribution in [-0.4, -0.2) is 23.7 Å². The lowest BCUT2D eigenvalue weighted by Crippen LogP contribution is -1.84. The number of hydrogen-bond donors (Lipinski definition) is 0. The molecule has 0 heterocycles. The molecular formula is C104H208Br2N4. The largest absolute Gasteiger partial charge is 0.317 e. The van der Waals surface area contributed by atoms with Crippen LogP contribution in [0.1, 0.15) is 620 Å². The molecule has 0 amide bonds. The van der Waals surface area contributed by atoms with Crippen molar-refractivity contribution in [1.82, 2.24) is 0 Å². The van der Waals surface area contributed by atoms with Crippen LogP contribution in [0, 0.1) is 35.8 Å². The van der Waals surface area contributed by atoms with Crippen LogP contribution < -0.4 is 0 Å². The summed E-state index contributed by atoms with van der Waals surface area (Å²) in [4.78, 5) is 6.78. The molecule has 0 spiro atoms. The predicted octanol–water partition coefficient (Wildman–Crippen LogP) is 41.1. The van der Waals surface area contributed by atoms with Gasteiger partial charge in [0, 0.05) is 36.3 Å². The zero-order chi connectivity index (χ0) is 81.9. The van der Waals surface area contributed by atoms with Crippen molar-refractivity contribution >= 4 is 31.9 Å². The number of rotatable bonds is 85. The van der Waals surface area contributed by atoms with E-state index >= 15 is 0 Å². The van der Waals surface area contributed by atoms with Crippen LogP contribution in [0.5, 0.6) is 0 Å². The van der Waals surface area contributed by atoms with Gasteiger partial charge < -0.3 is 9.69 Å². The Morgan fingerprint density at radius 1 is 0.164 bits per heavy atom. The van der Waals surface area contributed by atoms with E-state index in [0.717, 1.165) is 49.4 Å². The Morgan fingerprint density at radius 3 is 0.318 bits per heavy atom. The van der Waals surface area contributed by atoms with Crippen LogP contribution in [-0.2, 0) is 0 Å². The Bertz CT molecular complexity index is 1520. The summed E-state index contributed by atoms with van der Waals surface area (Å²) in [6, 6.07) is 4.08. The van der Waals surface area contributed by atoms with Gasteiger partial charge in [-0.25, -0.2) is 13.1 Å². The molecule has 4 nitrogen and oxygen atoms in total. The third-order valence-corrected chi connectivity index (χ3v) is 23.1. The highest BCUT2D eigenvalue weighted by molar-refractivity contribution is 9.09. The van der Waals surface area contributed by atoms with Crippen LogP contribution in [0.4, 0.5) is 0 Å². The van der Waals surface area contributed by atoms with E-state index in [2.05, 4.69) is 96.9 Å². The summed E-state index contributed by atoms with van der Waals surface area (Å²) < 4.78 is 0. The van der Waals surface area contributed by atoms with E-state index < -0.39 is 0 Å². The average Bonchev–Trinajstić information content (AvgIpc) is 3.69. The summed E-state index contributed by atoms with van der Waals surface area (Å²) in [5, 5.41) is 17.7. The molecule has 0 bridgehead atoms. The minimum Gasteiger partial charge on any atom is -0.317 e. The second kappa shape index (κ2) is 137. The van der Waals surface area contributed by atoms with Gasteiger partial charge in [-0.15, -0.1) is 0 Å². The average molecular weight is 1670 g/mol. The molecule has 6 heteroatoms. The van der Waals surface area contributed by atoms with Crippen LogP contribution in [0.15, 0.2) is 0 Å². The molecule has 0 unspecified atom stereocenters. The first-order valence-corrected chi connectivity index (χ1v) is 53.2. The van der Waals surface area contributed by atoms with Crippen molar-refractivity contribution in [3.63, 3.8) is 0 Å². The number of alkyl halides is 2. The third kappa shape index (κ3) is 155. The second-order valence-corrected chi connectivity index (χ2v) is 35.1. The van der Waals surface area contributed by atoms with Crippen LogP contribution in [0.25, 0.3) is 9.69 Å². The Labute approximate surface area is 716 Å². The van der Waals surface area contributed by atoms with Crippen molar-refractivity contribution in [2.24, 2.45) is 0 Å². The van der Waals surface area contributed by atoms with Gasteiger partial charge in [0.25, 0.3) is 0 Å². The number of halogens is 2. The molecule has 0 fully saturated rings. The second-order valence-electron chi connectivity index (χ2n) is 33.5. The first-order valence-electron chi connectivity index (χ1n) is 50.9. The summed E-state index contributed by atoms with van der Waals surface area (Å²) in [6.45, 7) is 33.2. The first-order chi connectivity index (χ1) is 54.4. The van der Waals surface area contributed by atoms with E-state index in [9.17, 15) is 0 Å². The molecule has 658 valence electrons. The smallest absolute Gasteiger partial charge is 0.214 e. The van der Waals surface area contributed by atoms with Crippen molar-refractivity contribution in [1.29, 1.82) is 10.5 Å². The zero-order valence-corrected chi connectivity index (χ0v) is 80.8. The highest BCUT2D eigenvalue weighted by atomic mass is 79.9. The summed E-state index contributed by atoms with van der Waals surface area (Å²) in [5.41, 5.74) is 0. The van der Waals surface area contributed by atoms with Gasteiger partial charge in [0.05, 0.1) is 12.1 Å². The van der Waals surface area contributed by atoms with Gasteiger partial charge in [-0.3, -0.25) is 0 Å². The maximum Gasteiger partial charge on any atom is 0.214 e. The molecule has 0 saturated carbocycles. The molecule has 0 rings (SSSR count). The third-order valence-electron chi connectivity index (χ3n) is 22.0. The van der Waals surface area contributed by atoms with E-state index in [1.165, 1.54) is 527 Å². The van der Waals surface area contributed by atoms with Crippen LogP contribution in [0.3, 0.4) is 0 Å². The highest BCUT2D eigenvalue weighted by Gasteiger charge is 2.01. The highest BCUT2D eigenvalue weighted by Crippen LogP contribution is 2.20. The van der Waals surface area contributed by atoms with Gasteiger partial charge >= 0.3 is 0 Å². The van der Waals surface area contributed by atoms with Gasteiger partial charge in [-0.1, -0.05) is 601 Å². The lowest BCUT2D eigenvalue weighted by Gasteiger charge is -2.03. The number of hydrogen-bond acceptors (Lipinski definition) is 2. The molecule has 0 aliphatic rings. The minimum absolute atomic E-state index is 0.672. The predicted molar refractivity (Wildman–Crippen MR) is 513 cm³/mol. The van der Waals surface area contributed by atoms with Crippen LogP contribution in [0.2, 0.25) is 0 Å². The van der Waals surface area contributed by atoms with Crippen molar-refractivity contribution in [3.05, 3.63) is 22.8 Å². The van der Waals surface area contributed by atoms with E-state index in [4.69, 9.17) is 23.7 Å². The van der Waals surface area contributed by atoms with Crippen molar-refractivity contribution in [2.75, 3.05) is 23.7 Å². The van der Waals surface area contributed by atoms with E-state index in [1.54, 1.807) is 0 Å². The van der Waals surface area contributed by atoms with E-state index in [-0.39, 0.29) is 0 Å². The lowest BCUT2D eigenvalue weighted by molar-refractivity contribution is 0.523. The van der Waals surface area contributed by atoms with Gasteiger partial charge in [0.1, 0.15) is 0 Å². The number of unbranched alkanes of at least 4 members (excludes halogenated alkanes) is 81. The fourth-order valence-electron chi connectivity index (χ4n) is 14.3. The van der Waals surface area contributed by atoms with Gasteiger partial charge in [-0.2, -0.15) is 10.5 Å². The Kier molecular flexibility index (Phi) is 152. The Hall–Kier alpha value is -1.08. The minimum atomic E-state index is 0.672. The van der Waals surface area contributed by atoms with Crippen molar-refractivity contribution in [2.45, 2.75) is 620 Å². The summed E-state index contributed by atoms with van der Waals surface area (Å²) in [7, 11) is 0. The van der Waals surface area contributed by atoms with Crippen molar-refractivity contribution < 1.29 is 0 Å². The maximum absolute atomic E-state index is 7.93. The van der Waals surface area contributed by atoms with Gasteiger partial charge in [0.2, 0.25) is 13.1 Å². The molecule has 0 aromatic heterocycles. The molecular weight excluding hydrogens is 1460 g/mol. The Balaban J connectivity index is -0.000000233. The summed E-state index contributed by atoms with van der Waals surface area (Å²) in [6.07, 6.45) is 124. The molecule has 0 saturated heterocycles. The molecule has 0 aliphatic heterocycles. The molecule has 0 aliphatic carbocycles. The molecule has 0 N–H and O–H groups in total. The Morgan fingerprint density at radius 2 is 0.255 bits per heavy atom. The normalized spacial score (nSPS) is 10.5. The zero-order valence-electron chi connectivity index (χ0n) is 77.6.